The first-order valence-electron chi connectivity index (χ1n) is 10.2. The third-order valence-corrected chi connectivity index (χ3v) is 5.88. The average molecular weight is 492 g/mol. The van der Waals surface area contributed by atoms with Gasteiger partial charge in [-0.25, -0.2) is 4.39 Å². The van der Waals surface area contributed by atoms with E-state index in [0.29, 0.717) is 28.6 Å². The monoisotopic (exact) mass is 491 g/mol. The number of methoxy groups -OCH3 is 1. The summed E-state index contributed by atoms with van der Waals surface area (Å²) >= 11 is 1.25. The number of hydrogen-bond acceptors (Lipinski definition) is 5. The Kier molecular flexibility index (Phi) is 6.90. The van der Waals surface area contributed by atoms with Crippen LogP contribution in [0, 0.1) is 5.82 Å². The zero-order chi connectivity index (χ0) is 24.3. The van der Waals surface area contributed by atoms with Gasteiger partial charge in [0.15, 0.2) is 0 Å². The van der Waals surface area contributed by atoms with Crippen LogP contribution >= 0.6 is 11.9 Å². The van der Waals surface area contributed by atoms with Gasteiger partial charge < -0.3 is 20.1 Å². The van der Waals surface area contributed by atoms with Gasteiger partial charge in [-0.15, -0.1) is 13.2 Å². The summed E-state index contributed by atoms with van der Waals surface area (Å²) in [6.45, 7) is 0.598. The maximum absolute atomic E-state index is 14.4. The van der Waals surface area contributed by atoms with Crippen LogP contribution in [0.5, 0.6) is 11.5 Å². The molecule has 0 fully saturated rings. The van der Waals surface area contributed by atoms with Crippen molar-refractivity contribution in [2.75, 3.05) is 19.5 Å². The van der Waals surface area contributed by atoms with Gasteiger partial charge in [0.1, 0.15) is 17.3 Å². The van der Waals surface area contributed by atoms with Crippen molar-refractivity contribution in [1.82, 2.24) is 9.29 Å². The van der Waals surface area contributed by atoms with Crippen molar-refractivity contribution in [3.63, 3.8) is 0 Å². The number of nitrogens with one attached hydrogen (secondary N) is 2. The Morgan fingerprint density at radius 1 is 1.00 bits per heavy atom. The Balaban J connectivity index is 1.67. The summed E-state index contributed by atoms with van der Waals surface area (Å²) in [4.78, 5) is 0.564. The van der Waals surface area contributed by atoms with Gasteiger partial charge in [0.25, 0.3) is 0 Å². The van der Waals surface area contributed by atoms with Crippen LogP contribution in [0.3, 0.4) is 0 Å². The second-order valence-electron chi connectivity index (χ2n) is 7.33. The number of anilines is 2. The summed E-state index contributed by atoms with van der Waals surface area (Å²) in [5.74, 6) is -0.333. The second kappa shape index (κ2) is 9.86. The SMILES string of the molecule is CNCc1cn(Sc2cccc(OC(F)(F)F)c2)c2cc(Nc3ccc(OC)cc3F)ccc12. The molecule has 0 aliphatic carbocycles. The van der Waals surface area contributed by atoms with Crippen LogP contribution in [0.1, 0.15) is 5.56 Å². The van der Waals surface area contributed by atoms with Crippen LogP contribution in [0.25, 0.3) is 10.9 Å². The lowest BCUT2D eigenvalue weighted by Crippen LogP contribution is -2.17. The van der Waals surface area contributed by atoms with Crippen LogP contribution < -0.4 is 20.1 Å². The van der Waals surface area contributed by atoms with E-state index in [-0.39, 0.29) is 5.75 Å². The Morgan fingerprint density at radius 2 is 1.82 bits per heavy atom. The average Bonchev–Trinajstić information content (AvgIpc) is 3.11. The van der Waals surface area contributed by atoms with E-state index >= 15 is 0 Å². The normalized spacial score (nSPS) is 11.6. The van der Waals surface area contributed by atoms with Crippen LogP contribution in [0.2, 0.25) is 0 Å². The molecule has 0 saturated heterocycles. The highest BCUT2D eigenvalue weighted by Crippen LogP contribution is 2.34. The summed E-state index contributed by atoms with van der Waals surface area (Å²) in [6.07, 6.45) is -2.85. The number of fused-ring (bicyclic) bond motifs is 1. The zero-order valence-corrected chi connectivity index (χ0v) is 19.1. The number of ether oxygens (including phenoxy) is 2. The highest BCUT2D eigenvalue weighted by Gasteiger charge is 2.31. The van der Waals surface area contributed by atoms with Crippen molar-refractivity contribution in [1.29, 1.82) is 0 Å². The first kappa shape index (κ1) is 23.8. The number of alkyl halides is 3. The Bertz CT molecular complexity index is 1310. The van der Waals surface area contributed by atoms with Crippen molar-refractivity contribution in [2.45, 2.75) is 17.8 Å². The molecule has 0 bridgehead atoms. The van der Waals surface area contributed by atoms with E-state index in [0.717, 1.165) is 16.5 Å². The first-order valence-corrected chi connectivity index (χ1v) is 11.0. The van der Waals surface area contributed by atoms with Gasteiger partial charge in [0.05, 0.1) is 18.3 Å². The van der Waals surface area contributed by atoms with Crippen LogP contribution in [0.15, 0.2) is 71.8 Å². The third kappa shape index (κ3) is 5.57. The number of hydrogen-bond donors (Lipinski definition) is 2. The lowest BCUT2D eigenvalue weighted by Gasteiger charge is -2.11. The molecule has 4 aromatic rings. The summed E-state index contributed by atoms with van der Waals surface area (Å²) in [5, 5.41) is 7.15. The molecule has 0 atom stereocenters. The van der Waals surface area contributed by atoms with E-state index in [4.69, 9.17) is 4.74 Å². The molecule has 1 heterocycles. The second-order valence-corrected chi connectivity index (χ2v) is 8.37. The molecule has 0 radical (unpaired) electrons. The zero-order valence-electron chi connectivity index (χ0n) is 18.2. The highest BCUT2D eigenvalue weighted by molar-refractivity contribution is 7.98. The van der Waals surface area contributed by atoms with E-state index in [1.54, 1.807) is 18.2 Å². The summed E-state index contributed by atoms with van der Waals surface area (Å²) in [6, 6.07) is 16.0. The predicted octanol–water partition coefficient (Wildman–Crippen LogP) is 6.71. The van der Waals surface area contributed by atoms with Crippen molar-refractivity contribution in [3.8, 4) is 11.5 Å². The minimum atomic E-state index is -4.76. The molecule has 0 amide bonds. The summed E-state index contributed by atoms with van der Waals surface area (Å²) < 4.78 is 63.2. The molecule has 10 heteroatoms. The van der Waals surface area contributed by atoms with E-state index in [2.05, 4.69) is 15.4 Å². The fourth-order valence-corrected chi connectivity index (χ4v) is 4.44. The number of benzene rings is 3. The Labute approximate surface area is 197 Å². The smallest absolute Gasteiger partial charge is 0.497 e. The lowest BCUT2D eigenvalue weighted by atomic mass is 10.1. The van der Waals surface area contributed by atoms with Gasteiger partial charge in [-0.1, -0.05) is 12.1 Å². The lowest BCUT2D eigenvalue weighted by molar-refractivity contribution is -0.274. The Morgan fingerprint density at radius 3 is 2.53 bits per heavy atom. The topological polar surface area (TPSA) is 47.5 Å². The standard InChI is InChI=1S/C24H21F4N3O2S/c1-29-13-15-14-31(34-19-5-3-4-18(11-19)33-24(26,27)28)23-10-16(6-8-20(15)23)30-22-9-7-17(32-2)12-21(22)25/h3-12,14,29-30H,13H2,1-2H3. The number of rotatable bonds is 8. The molecule has 34 heavy (non-hydrogen) atoms. The van der Waals surface area contributed by atoms with E-state index in [9.17, 15) is 17.6 Å². The van der Waals surface area contributed by atoms with Gasteiger partial charge >= 0.3 is 6.36 Å². The molecule has 1 aromatic heterocycles. The van der Waals surface area contributed by atoms with Crippen molar-refractivity contribution in [3.05, 3.63) is 78.2 Å². The minimum absolute atomic E-state index is 0.290. The van der Waals surface area contributed by atoms with Gasteiger partial charge in [0.2, 0.25) is 0 Å². The molecule has 3 aromatic carbocycles. The number of aromatic nitrogens is 1. The van der Waals surface area contributed by atoms with Crippen LogP contribution in [0.4, 0.5) is 28.9 Å². The first-order chi connectivity index (χ1) is 16.3. The maximum Gasteiger partial charge on any atom is 0.573 e. The van der Waals surface area contributed by atoms with Crippen molar-refractivity contribution >= 4 is 34.2 Å². The van der Waals surface area contributed by atoms with E-state index in [1.807, 2.05) is 35.4 Å². The predicted molar refractivity (Wildman–Crippen MR) is 125 cm³/mol. The number of nitrogens with zero attached hydrogens (tertiary/aromatic N) is 1. The maximum atomic E-state index is 14.4. The summed E-state index contributed by atoms with van der Waals surface area (Å²) in [5.41, 5.74) is 2.77. The molecule has 4 rings (SSSR count). The van der Waals surface area contributed by atoms with Crippen LogP contribution in [-0.2, 0) is 6.54 Å². The van der Waals surface area contributed by atoms with E-state index in [1.165, 1.54) is 43.3 Å². The minimum Gasteiger partial charge on any atom is -0.497 e. The van der Waals surface area contributed by atoms with E-state index < -0.39 is 12.2 Å². The fraction of sp³-hybridized carbons (Fsp3) is 0.167. The Hall–Kier alpha value is -3.37. The van der Waals surface area contributed by atoms with Gasteiger partial charge in [0, 0.05) is 34.8 Å². The molecule has 178 valence electrons. The molecule has 2 N–H and O–H groups in total. The molecular formula is C24H21F4N3O2S. The largest absolute Gasteiger partial charge is 0.573 e. The quantitative estimate of drug-likeness (QED) is 0.269. The fourth-order valence-electron chi connectivity index (χ4n) is 3.47. The van der Waals surface area contributed by atoms with Crippen LogP contribution in [-0.4, -0.2) is 24.5 Å². The molecule has 0 aliphatic rings. The molecule has 5 nitrogen and oxygen atoms in total. The van der Waals surface area contributed by atoms with Crippen molar-refractivity contribution < 1.29 is 27.0 Å². The molecular weight excluding hydrogens is 470 g/mol. The van der Waals surface area contributed by atoms with Gasteiger partial charge in [-0.2, -0.15) is 0 Å². The third-order valence-electron chi connectivity index (χ3n) is 4.92. The molecule has 0 unspecified atom stereocenters. The molecule has 0 saturated carbocycles. The van der Waals surface area contributed by atoms with Gasteiger partial charge in [-0.05, 0) is 67.0 Å². The summed E-state index contributed by atoms with van der Waals surface area (Å²) in [7, 11) is 3.30. The van der Waals surface area contributed by atoms with Gasteiger partial charge in [-0.3, -0.25) is 3.97 Å². The molecule has 0 spiro atoms. The number of halogens is 4. The van der Waals surface area contributed by atoms with Crippen molar-refractivity contribution in [2.24, 2.45) is 0 Å². The highest BCUT2D eigenvalue weighted by atomic mass is 32.2. The molecule has 0 aliphatic heterocycles.